The van der Waals surface area contributed by atoms with Gasteiger partial charge in [0.25, 0.3) is 0 Å². The van der Waals surface area contributed by atoms with Crippen molar-refractivity contribution in [3.8, 4) is 0 Å². The van der Waals surface area contributed by atoms with Crippen molar-refractivity contribution in [2.24, 2.45) is 5.92 Å². The Morgan fingerprint density at radius 1 is 1.07 bits per heavy atom. The molecule has 1 aliphatic rings. The Kier molecular flexibility index (Phi) is 5.48. The lowest BCUT2D eigenvalue weighted by atomic mass is 9.87. The molecule has 0 bridgehead atoms. The highest BCUT2D eigenvalue weighted by molar-refractivity contribution is 6.08. The lowest BCUT2D eigenvalue weighted by molar-refractivity contribution is -0.138. The molecule has 0 unspecified atom stereocenters. The number of anilines is 1. The smallest absolute Gasteiger partial charge is 0.344 e. The molecule has 1 saturated heterocycles. The number of likely N-dealkylation sites (N-methyl/N-ethyl adjacent to an activating group) is 1. The number of nitrogens with zero attached hydrogens (tertiary/aromatic N) is 1. The maximum absolute atomic E-state index is 13.8. The van der Waals surface area contributed by atoms with Gasteiger partial charge in [-0.2, -0.15) is 13.2 Å². The molecule has 0 saturated carbocycles. The molecule has 0 spiro atoms. The third kappa shape index (κ3) is 3.96. The molecule has 0 aliphatic carbocycles. The monoisotopic (exact) mass is 434 g/mol. The van der Waals surface area contributed by atoms with Crippen LogP contribution in [0.1, 0.15) is 17.0 Å². The maximum Gasteiger partial charge on any atom is 0.416 e. The fourth-order valence-corrected chi connectivity index (χ4v) is 3.32. The molecule has 4 nitrogen and oxygen atoms in total. The summed E-state index contributed by atoms with van der Waals surface area (Å²) in [7, 11) is 1.28. The van der Waals surface area contributed by atoms with Gasteiger partial charge in [-0.3, -0.25) is 9.59 Å². The highest BCUT2D eigenvalue weighted by Gasteiger charge is 2.45. The van der Waals surface area contributed by atoms with Gasteiger partial charge in [-0.05, 0) is 35.9 Å². The van der Waals surface area contributed by atoms with Crippen molar-refractivity contribution in [3.63, 3.8) is 0 Å². The first-order valence-electron chi connectivity index (χ1n) is 8.47. The Morgan fingerprint density at radius 3 is 2.37 bits per heavy atom. The van der Waals surface area contributed by atoms with Crippen LogP contribution in [0, 0.1) is 29.2 Å². The zero-order chi connectivity index (χ0) is 22.4. The molecule has 30 heavy (non-hydrogen) atoms. The van der Waals surface area contributed by atoms with Crippen LogP contribution in [0.5, 0.6) is 0 Å². The van der Waals surface area contributed by atoms with Crippen molar-refractivity contribution in [2.75, 3.05) is 18.9 Å². The van der Waals surface area contributed by atoms with E-state index in [1.807, 2.05) is 5.32 Å². The molecule has 0 radical (unpaired) electrons. The van der Waals surface area contributed by atoms with Gasteiger partial charge in [-0.1, -0.05) is 0 Å². The molecule has 11 heteroatoms. The number of nitrogens with one attached hydrogen (secondary N) is 1. The molecule has 1 fully saturated rings. The summed E-state index contributed by atoms with van der Waals surface area (Å²) in [5.74, 6) is -11.1. The van der Waals surface area contributed by atoms with E-state index in [0.29, 0.717) is 12.1 Å². The van der Waals surface area contributed by atoms with E-state index >= 15 is 0 Å². The third-order valence-electron chi connectivity index (χ3n) is 4.77. The SMILES string of the molecule is CN1C[C@H](c2cc(F)cc(C(F)(F)F)c2)[C@@H](C(=O)Nc2ccc(F)c(F)c2F)C1=O. The Bertz CT molecular complexity index is 1020. The maximum atomic E-state index is 13.8. The van der Waals surface area contributed by atoms with E-state index in [1.165, 1.54) is 7.05 Å². The lowest BCUT2D eigenvalue weighted by Gasteiger charge is -2.19. The first kappa shape index (κ1) is 21.6. The van der Waals surface area contributed by atoms with Crippen LogP contribution in [0.3, 0.4) is 0 Å². The number of hydrogen-bond acceptors (Lipinski definition) is 2. The molecule has 1 aliphatic heterocycles. The summed E-state index contributed by atoms with van der Waals surface area (Å²) in [6.07, 6.45) is -4.86. The minimum atomic E-state index is -4.86. The zero-order valence-electron chi connectivity index (χ0n) is 15.2. The standard InChI is InChI=1S/C19H13F7N2O2/c1-28-7-11(8-4-9(19(24,25)26)6-10(20)5-8)14(18(28)30)17(29)27-13-3-2-12(21)15(22)16(13)23/h2-6,11,14H,7H2,1H3,(H,27,29)/t11-,14+/m1/s1. The number of hydrogen-bond donors (Lipinski definition) is 1. The molecule has 1 heterocycles. The molecule has 2 aromatic rings. The summed E-state index contributed by atoms with van der Waals surface area (Å²) in [6.45, 7) is -0.210. The van der Waals surface area contributed by atoms with Gasteiger partial charge in [-0.15, -0.1) is 0 Å². The quantitative estimate of drug-likeness (QED) is 0.450. The Morgan fingerprint density at radius 2 is 1.73 bits per heavy atom. The number of carbonyl (C=O) groups is 2. The number of benzene rings is 2. The van der Waals surface area contributed by atoms with Crippen molar-refractivity contribution in [1.82, 2.24) is 4.90 Å². The van der Waals surface area contributed by atoms with Crippen LogP contribution in [0.15, 0.2) is 30.3 Å². The molecule has 160 valence electrons. The van der Waals surface area contributed by atoms with Gasteiger partial charge in [0.15, 0.2) is 17.5 Å². The van der Waals surface area contributed by atoms with E-state index < -0.39 is 64.3 Å². The second kappa shape index (κ2) is 7.62. The molecule has 2 amide bonds. The van der Waals surface area contributed by atoms with E-state index in [4.69, 9.17) is 0 Å². The van der Waals surface area contributed by atoms with Crippen LogP contribution in [0.4, 0.5) is 36.4 Å². The van der Waals surface area contributed by atoms with E-state index in [2.05, 4.69) is 0 Å². The predicted molar refractivity (Wildman–Crippen MR) is 90.2 cm³/mol. The average Bonchev–Trinajstić information content (AvgIpc) is 2.96. The summed E-state index contributed by atoms with van der Waals surface area (Å²) < 4.78 is 93.1. The van der Waals surface area contributed by atoms with E-state index in [0.717, 1.165) is 17.0 Å². The van der Waals surface area contributed by atoms with Gasteiger partial charge >= 0.3 is 6.18 Å². The normalized spacial score (nSPS) is 19.3. The Hall–Kier alpha value is -3.11. The van der Waals surface area contributed by atoms with Crippen LogP contribution in [-0.2, 0) is 15.8 Å². The minimum absolute atomic E-state index is 0.210. The number of amides is 2. The topological polar surface area (TPSA) is 49.4 Å². The number of likely N-dealkylation sites (tertiary alicyclic amines) is 1. The summed E-state index contributed by atoms with van der Waals surface area (Å²) in [5, 5.41) is 1.95. The largest absolute Gasteiger partial charge is 0.416 e. The van der Waals surface area contributed by atoms with Crippen LogP contribution in [-0.4, -0.2) is 30.3 Å². The lowest BCUT2D eigenvalue weighted by Crippen LogP contribution is -2.33. The van der Waals surface area contributed by atoms with Crippen molar-refractivity contribution in [2.45, 2.75) is 12.1 Å². The van der Waals surface area contributed by atoms with Crippen LogP contribution in [0.2, 0.25) is 0 Å². The molecular weight excluding hydrogens is 421 g/mol. The number of rotatable bonds is 3. The molecule has 2 atom stereocenters. The van der Waals surface area contributed by atoms with Crippen LogP contribution >= 0.6 is 0 Å². The number of alkyl halides is 3. The van der Waals surface area contributed by atoms with Crippen molar-refractivity contribution in [1.29, 1.82) is 0 Å². The summed E-state index contributed by atoms with van der Waals surface area (Å²) in [6, 6.07) is 2.95. The van der Waals surface area contributed by atoms with Gasteiger partial charge < -0.3 is 10.2 Å². The highest BCUT2D eigenvalue weighted by Crippen LogP contribution is 2.38. The molecule has 2 aromatic carbocycles. The second-order valence-electron chi connectivity index (χ2n) is 6.79. The molecular formula is C19H13F7N2O2. The molecule has 0 aromatic heterocycles. The fraction of sp³-hybridized carbons (Fsp3) is 0.263. The van der Waals surface area contributed by atoms with Gasteiger partial charge in [0.2, 0.25) is 11.8 Å². The summed E-state index contributed by atoms with van der Waals surface area (Å²) in [5.41, 5.74) is -2.31. The van der Waals surface area contributed by atoms with Crippen LogP contribution in [0.25, 0.3) is 0 Å². The minimum Gasteiger partial charge on any atom is -0.344 e. The predicted octanol–water partition coefficient (Wildman–Crippen LogP) is 4.07. The first-order valence-corrected chi connectivity index (χ1v) is 8.47. The summed E-state index contributed by atoms with van der Waals surface area (Å²) in [4.78, 5) is 26.1. The Labute approximate surface area is 165 Å². The van der Waals surface area contributed by atoms with E-state index in [1.54, 1.807) is 0 Å². The fourth-order valence-electron chi connectivity index (χ4n) is 3.32. The van der Waals surface area contributed by atoms with Crippen molar-refractivity contribution >= 4 is 17.5 Å². The number of carbonyl (C=O) groups excluding carboxylic acids is 2. The van der Waals surface area contributed by atoms with E-state index in [-0.39, 0.29) is 18.2 Å². The zero-order valence-corrected chi connectivity index (χ0v) is 15.2. The van der Waals surface area contributed by atoms with Crippen molar-refractivity contribution in [3.05, 3.63) is 64.7 Å². The van der Waals surface area contributed by atoms with Gasteiger partial charge in [0.05, 0.1) is 11.3 Å². The van der Waals surface area contributed by atoms with Crippen LogP contribution < -0.4 is 5.32 Å². The Balaban J connectivity index is 1.97. The van der Waals surface area contributed by atoms with Gasteiger partial charge in [-0.25, -0.2) is 17.6 Å². The third-order valence-corrected chi connectivity index (χ3v) is 4.77. The summed E-state index contributed by atoms with van der Waals surface area (Å²) >= 11 is 0. The van der Waals surface area contributed by atoms with E-state index in [9.17, 15) is 40.3 Å². The van der Waals surface area contributed by atoms with Gasteiger partial charge in [0.1, 0.15) is 11.7 Å². The first-order chi connectivity index (χ1) is 13.9. The highest BCUT2D eigenvalue weighted by atomic mass is 19.4. The average molecular weight is 434 g/mol. The van der Waals surface area contributed by atoms with Gasteiger partial charge in [0, 0.05) is 19.5 Å². The number of halogens is 7. The second-order valence-corrected chi connectivity index (χ2v) is 6.79. The molecule has 1 N–H and O–H groups in total. The van der Waals surface area contributed by atoms with Crippen molar-refractivity contribution < 1.29 is 40.3 Å². The molecule has 3 rings (SSSR count).